The molecule has 2 nitrogen and oxygen atoms in total. The van der Waals surface area contributed by atoms with E-state index in [1.807, 2.05) is 0 Å². The molecule has 0 radical (unpaired) electrons. The summed E-state index contributed by atoms with van der Waals surface area (Å²) in [4.78, 5) is 0. The maximum absolute atomic E-state index is 14.0. The molecule has 0 bridgehead atoms. The van der Waals surface area contributed by atoms with Crippen molar-refractivity contribution in [3.63, 3.8) is 0 Å². The van der Waals surface area contributed by atoms with Crippen LogP contribution in [-0.4, -0.2) is 14.2 Å². The number of halogens is 4. The number of rotatable bonds is 4. The van der Waals surface area contributed by atoms with Crippen molar-refractivity contribution in [2.24, 2.45) is 0 Å². The molecule has 0 heterocycles. The first-order chi connectivity index (χ1) is 9.99. The van der Waals surface area contributed by atoms with Crippen LogP contribution in [0, 0.1) is 5.82 Å². The Morgan fingerprint density at radius 3 is 2.33 bits per heavy atom. The third-order valence-electron chi connectivity index (χ3n) is 3.03. The van der Waals surface area contributed by atoms with E-state index >= 15 is 0 Å². The second-order valence-corrected chi connectivity index (χ2v) is 5.92. The summed E-state index contributed by atoms with van der Waals surface area (Å²) < 4.78 is 25.0. The normalized spacial score (nSPS) is 12.1. The molecule has 0 saturated heterocycles. The Bertz CT molecular complexity index is 644. The van der Waals surface area contributed by atoms with Crippen molar-refractivity contribution in [1.29, 1.82) is 0 Å². The average molecular weight is 394 g/mol. The quantitative estimate of drug-likeness (QED) is 0.630. The second kappa shape index (κ2) is 6.86. The average Bonchev–Trinajstić information content (AvgIpc) is 2.46. The maximum Gasteiger partial charge on any atom is 0.162 e. The second-order valence-electron chi connectivity index (χ2n) is 4.23. The predicted octanol–water partition coefficient (Wildman–Crippen LogP) is 5.59. The number of benzene rings is 2. The van der Waals surface area contributed by atoms with Crippen molar-refractivity contribution in [1.82, 2.24) is 0 Å². The first-order valence-corrected chi connectivity index (χ1v) is 7.59. The third kappa shape index (κ3) is 3.28. The monoisotopic (exact) mass is 392 g/mol. The van der Waals surface area contributed by atoms with Crippen molar-refractivity contribution >= 4 is 39.1 Å². The molecule has 0 N–H and O–H groups in total. The maximum atomic E-state index is 14.0. The molecule has 0 saturated carbocycles. The van der Waals surface area contributed by atoms with Crippen LogP contribution in [-0.2, 0) is 0 Å². The molecule has 2 rings (SSSR count). The van der Waals surface area contributed by atoms with Gasteiger partial charge in [0, 0.05) is 21.1 Å². The summed E-state index contributed by atoms with van der Waals surface area (Å²) in [6.45, 7) is 0. The fourth-order valence-electron chi connectivity index (χ4n) is 1.97. The molecule has 112 valence electrons. The molecule has 2 aromatic rings. The van der Waals surface area contributed by atoms with Crippen molar-refractivity contribution < 1.29 is 13.9 Å². The molecule has 2 aromatic carbocycles. The molecule has 0 aliphatic carbocycles. The first kappa shape index (κ1) is 16.4. The van der Waals surface area contributed by atoms with Gasteiger partial charge in [0.05, 0.1) is 19.6 Å². The van der Waals surface area contributed by atoms with E-state index in [2.05, 4.69) is 15.9 Å². The van der Waals surface area contributed by atoms with E-state index < -0.39 is 11.2 Å². The van der Waals surface area contributed by atoms with Crippen LogP contribution in [0.1, 0.15) is 16.5 Å². The van der Waals surface area contributed by atoms with Gasteiger partial charge in [0.15, 0.2) is 11.5 Å². The smallest absolute Gasteiger partial charge is 0.162 e. The van der Waals surface area contributed by atoms with Crippen LogP contribution in [0.25, 0.3) is 0 Å². The summed E-state index contributed by atoms with van der Waals surface area (Å²) >= 11 is 16.0. The van der Waals surface area contributed by atoms with Crippen molar-refractivity contribution in [2.45, 2.75) is 5.38 Å². The summed E-state index contributed by atoms with van der Waals surface area (Å²) in [6, 6.07) is 7.92. The third-order valence-corrected chi connectivity index (χ3v) is 4.50. The van der Waals surface area contributed by atoms with E-state index in [4.69, 9.17) is 32.7 Å². The summed E-state index contributed by atoms with van der Waals surface area (Å²) in [5.41, 5.74) is 0.870. The lowest BCUT2D eigenvalue weighted by atomic mass is 10.0. The van der Waals surface area contributed by atoms with Gasteiger partial charge >= 0.3 is 0 Å². The summed E-state index contributed by atoms with van der Waals surface area (Å²) in [5, 5.41) is -0.379. The van der Waals surface area contributed by atoms with Crippen LogP contribution >= 0.6 is 39.1 Å². The number of hydrogen-bond donors (Lipinski definition) is 0. The van der Waals surface area contributed by atoms with Gasteiger partial charge in [0.1, 0.15) is 5.82 Å². The van der Waals surface area contributed by atoms with Gasteiger partial charge in [-0.25, -0.2) is 4.39 Å². The molecule has 21 heavy (non-hydrogen) atoms. The lowest BCUT2D eigenvalue weighted by Crippen LogP contribution is -2.01. The van der Waals surface area contributed by atoms with E-state index in [1.54, 1.807) is 24.3 Å². The lowest BCUT2D eigenvalue weighted by molar-refractivity contribution is 0.354. The highest BCUT2D eigenvalue weighted by Gasteiger charge is 2.22. The SMILES string of the molecule is COc1cc(Cl)c(C(Cl)c2c(F)cccc2Br)cc1OC. The van der Waals surface area contributed by atoms with Crippen LogP contribution in [0.4, 0.5) is 4.39 Å². The summed E-state index contributed by atoms with van der Waals surface area (Å²) in [7, 11) is 3.03. The molecule has 6 heteroatoms. The Balaban J connectivity index is 2.56. The number of ether oxygens (including phenoxy) is 2. The molecule has 0 fully saturated rings. The van der Waals surface area contributed by atoms with Crippen molar-refractivity contribution in [2.75, 3.05) is 14.2 Å². The molecule has 0 aliphatic heterocycles. The van der Waals surface area contributed by atoms with Gasteiger partial charge in [-0.15, -0.1) is 11.6 Å². The largest absolute Gasteiger partial charge is 0.493 e. The van der Waals surface area contributed by atoms with Crippen LogP contribution in [0.5, 0.6) is 11.5 Å². The molecule has 1 unspecified atom stereocenters. The lowest BCUT2D eigenvalue weighted by Gasteiger charge is -2.17. The van der Waals surface area contributed by atoms with Gasteiger partial charge in [0.25, 0.3) is 0 Å². The van der Waals surface area contributed by atoms with Crippen LogP contribution in [0.15, 0.2) is 34.8 Å². The Hall–Kier alpha value is -0.970. The van der Waals surface area contributed by atoms with E-state index in [0.29, 0.717) is 32.1 Å². The van der Waals surface area contributed by atoms with Gasteiger partial charge in [-0.3, -0.25) is 0 Å². The van der Waals surface area contributed by atoms with Gasteiger partial charge in [-0.05, 0) is 23.8 Å². The predicted molar refractivity (Wildman–Crippen MR) is 86.4 cm³/mol. The summed E-state index contributed by atoms with van der Waals surface area (Å²) in [5.74, 6) is 0.563. The van der Waals surface area contributed by atoms with Crippen LogP contribution < -0.4 is 9.47 Å². The van der Waals surface area contributed by atoms with Crippen LogP contribution in [0.3, 0.4) is 0 Å². The van der Waals surface area contributed by atoms with E-state index in [9.17, 15) is 4.39 Å². The molecule has 0 amide bonds. The van der Waals surface area contributed by atoms with Gasteiger partial charge < -0.3 is 9.47 Å². The zero-order valence-corrected chi connectivity index (χ0v) is 14.4. The molecule has 0 aliphatic rings. The number of hydrogen-bond acceptors (Lipinski definition) is 2. The number of methoxy groups -OCH3 is 2. The standard InChI is InChI=1S/C15H12BrCl2FO2/c1-20-12-6-8(10(17)7-13(12)21-2)15(18)14-9(16)4-3-5-11(14)19/h3-7,15H,1-2H3. The molecular weight excluding hydrogens is 382 g/mol. The minimum Gasteiger partial charge on any atom is -0.493 e. The highest BCUT2D eigenvalue weighted by Crippen LogP contribution is 2.42. The Kier molecular flexibility index (Phi) is 5.36. The Morgan fingerprint density at radius 2 is 1.76 bits per heavy atom. The fourth-order valence-corrected chi connectivity index (χ4v) is 3.40. The highest BCUT2D eigenvalue weighted by molar-refractivity contribution is 9.10. The first-order valence-electron chi connectivity index (χ1n) is 5.99. The van der Waals surface area contributed by atoms with Gasteiger partial charge in [-0.2, -0.15) is 0 Å². The zero-order valence-electron chi connectivity index (χ0n) is 11.3. The topological polar surface area (TPSA) is 18.5 Å². The molecule has 0 spiro atoms. The van der Waals surface area contributed by atoms with Crippen molar-refractivity contribution in [3.8, 4) is 11.5 Å². The van der Waals surface area contributed by atoms with E-state index in [1.165, 1.54) is 20.3 Å². The minimum atomic E-state index is -0.757. The van der Waals surface area contributed by atoms with E-state index in [-0.39, 0.29) is 0 Å². The van der Waals surface area contributed by atoms with Crippen molar-refractivity contribution in [3.05, 3.63) is 56.8 Å². The van der Waals surface area contributed by atoms with Crippen LogP contribution in [0.2, 0.25) is 5.02 Å². The summed E-state index contributed by atoms with van der Waals surface area (Å²) in [6.07, 6.45) is 0. The molecular formula is C15H12BrCl2FO2. The minimum absolute atomic E-state index is 0.327. The fraction of sp³-hybridized carbons (Fsp3) is 0.200. The zero-order chi connectivity index (χ0) is 15.6. The molecule has 0 aromatic heterocycles. The Labute approximate surface area is 140 Å². The Morgan fingerprint density at radius 1 is 1.14 bits per heavy atom. The molecule has 1 atom stereocenters. The van der Waals surface area contributed by atoms with Gasteiger partial charge in [-0.1, -0.05) is 33.6 Å². The van der Waals surface area contributed by atoms with Gasteiger partial charge in [0.2, 0.25) is 0 Å². The number of alkyl halides is 1. The van der Waals surface area contributed by atoms with E-state index in [0.717, 1.165) is 0 Å². The highest BCUT2D eigenvalue weighted by atomic mass is 79.9.